The quantitative estimate of drug-likeness (QED) is 0.440. The summed E-state index contributed by atoms with van der Waals surface area (Å²) < 4.78 is 5.07. The zero-order valence-electron chi connectivity index (χ0n) is 17.4. The molecule has 1 fully saturated rings. The Morgan fingerprint density at radius 3 is 2.18 bits per heavy atom. The fraction of sp³-hybridized carbons (Fsp3) is 0.524. The van der Waals surface area contributed by atoms with Crippen molar-refractivity contribution in [3.63, 3.8) is 0 Å². The van der Waals surface area contributed by atoms with Crippen molar-refractivity contribution in [2.75, 3.05) is 13.2 Å². The maximum Gasteiger partial charge on any atom is 0.326 e. The molecule has 152 valence electrons. The van der Waals surface area contributed by atoms with Crippen molar-refractivity contribution < 1.29 is 23.9 Å². The number of nitrogens with one attached hydrogen (secondary N) is 1. The maximum atomic E-state index is 12.6. The van der Waals surface area contributed by atoms with Crippen molar-refractivity contribution in [1.82, 2.24) is 10.2 Å². The maximum absolute atomic E-state index is 12.6. The number of ether oxygens (including phenoxy) is 1. The number of amides is 3. The van der Waals surface area contributed by atoms with Gasteiger partial charge in [0.05, 0.1) is 0 Å². The second-order valence-electron chi connectivity index (χ2n) is 7.33. The second kappa shape index (κ2) is 8.12. The average molecular weight is 388 g/mol. The van der Waals surface area contributed by atoms with E-state index in [2.05, 4.69) is 5.32 Å². The number of benzene rings is 1. The Labute approximate surface area is 165 Å². The van der Waals surface area contributed by atoms with Crippen LogP contribution in [0.2, 0.25) is 0 Å². The predicted octanol–water partition coefficient (Wildman–Crippen LogP) is 2.76. The summed E-state index contributed by atoms with van der Waals surface area (Å²) >= 11 is 0. The Hall–Kier alpha value is -2.70. The number of ketones is 1. The van der Waals surface area contributed by atoms with Gasteiger partial charge in [0.25, 0.3) is 5.91 Å². The molecule has 1 aromatic rings. The first-order valence-corrected chi connectivity index (χ1v) is 9.48. The van der Waals surface area contributed by atoms with Crippen LogP contribution in [0.5, 0.6) is 0 Å². The monoisotopic (exact) mass is 388 g/mol. The highest BCUT2D eigenvalue weighted by molar-refractivity contribution is 6.08. The third kappa shape index (κ3) is 3.79. The first-order valence-electron chi connectivity index (χ1n) is 9.48. The van der Waals surface area contributed by atoms with Gasteiger partial charge in [0.1, 0.15) is 12.1 Å². The highest BCUT2D eigenvalue weighted by atomic mass is 16.5. The first-order chi connectivity index (χ1) is 13.1. The van der Waals surface area contributed by atoms with E-state index in [4.69, 9.17) is 4.74 Å². The van der Waals surface area contributed by atoms with Gasteiger partial charge in [-0.25, -0.2) is 4.79 Å². The molecule has 0 spiro atoms. The predicted molar refractivity (Wildman–Crippen MR) is 104 cm³/mol. The van der Waals surface area contributed by atoms with Gasteiger partial charge in [-0.3, -0.25) is 19.3 Å². The van der Waals surface area contributed by atoms with Gasteiger partial charge in [-0.15, -0.1) is 0 Å². The molecule has 3 amide bonds. The van der Waals surface area contributed by atoms with E-state index >= 15 is 0 Å². The Bertz CT molecular complexity index is 840. The summed E-state index contributed by atoms with van der Waals surface area (Å²) in [6.07, 6.45) is 0.868. The average Bonchev–Trinajstić information content (AvgIpc) is 2.89. The number of carbonyl (C=O) groups is 4. The molecule has 1 aromatic carbocycles. The molecule has 0 radical (unpaired) electrons. The van der Waals surface area contributed by atoms with Crippen molar-refractivity contribution in [2.45, 2.75) is 59.9 Å². The molecular weight excluding hydrogens is 360 g/mol. The molecule has 28 heavy (non-hydrogen) atoms. The summed E-state index contributed by atoms with van der Waals surface area (Å²) in [5.74, 6) is -1.54. The molecular formula is C21H28N2O5. The van der Waals surface area contributed by atoms with Gasteiger partial charge in [0.2, 0.25) is 5.78 Å². The number of urea groups is 1. The molecule has 1 aliphatic heterocycles. The molecule has 7 nitrogen and oxygen atoms in total. The number of hydrogen-bond acceptors (Lipinski definition) is 5. The van der Waals surface area contributed by atoms with Crippen LogP contribution in [0, 0.1) is 27.7 Å². The standard InChI is InChI=1S/C21H28N2O5/c1-7-21(8-2)19(26)23(20(27)22-21)10-17(25)28-11-16(24)18-13(4)9-12(3)14(5)15(18)6/h9H,7-8,10-11H2,1-6H3,(H,22,27). The molecule has 0 aliphatic carbocycles. The lowest BCUT2D eigenvalue weighted by Gasteiger charge is -2.22. The Kier molecular flexibility index (Phi) is 6.27. The van der Waals surface area contributed by atoms with Crippen molar-refractivity contribution in [3.8, 4) is 0 Å². The van der Waals surface area contributed by atoms with E-state index in [-0.39, 0.29) is 5.78 Å². The van der Waals surface area contributed by atoms with Crippen LogP contribution in [0.3, 0.4) is 0 Å². The Balaban J connectivity index is 2.04. The minimum absolute atomic E-state index is 0.305. The van der Waals surface area contributed by atoms with Crippen LogP contribution in [-0.2, 0) is 14.3 Å². The van der Waals surface area contributed by atoms with E-state index in [1.807, 2.05) is 33.8 Å². The molecule has 0 atom stereocenters. The summed E-state index contributed by atoms with van der Waals surface area (Å²) in [5, 5.41) is 2.65. The zero-order chi connectivity index (χ0) is 21.2. The van der Waals surface area contributed by atoms with Crippen LogP contribution < -0.4 is 5.32 Å². The lowest BCUT2D eigenvalue weighted by molar-refractivity contribution is -0.146. The van der Waals surface area contributed by atoms with E-state index in [9.17, 15) is 19.2 Å². The Morgan fingerprint density at radius 2 is 1.64 bits per heavy atom. The number of nitrogens with zero attached hydrogens (tertiary/aromatic N) is 1. The molecule has 1 N–H and O–H groups in total. The van der Waals surface area contributed by atoms with Crippen molar-refractivity contribution >= 4 is 23.7 Å². The van der Waals surface area contributed by atoms with Crippen LogP contribution in [0.4, 0.5) is 4.79 Å². The minimum atomic E-state index is -0.971. The van der Waals surface area contributed by atoms with Gasteiger partial charge < -0.3 is 10.1 Å². The van der Waals surface area contributed by atoms with Crippen molar-refractivity contribution in [2.24, 2.45) is 0 Å². The van der Waals surface area contributed by atoms with Gasteiger partial charge in [-0.1, -0.05) is 19.9 Å². The van der Waals surface area contributed by atoms with Crippen LogP contribution in [0.1, 0.15) is 59.3 Å². The lowest BCUT2D eigenvalue weighted by Crippen LogP contribution is -2.46. The number of Topliss-reactive ketones (excluding diaryl/α,β-unsaturated/α-hetero) is 1. The van der Waals surface area contributed by atoms with Gasteiger partial charge in [-0.05, 0) is 62.8 Å². The highest BCUT2D eigenvalue weighted by Crippen LogP contribution is 2.25. The first kappa shape index (κ1) is 21.6. The van der Waals surface area contributed by atoms with Crippen molar-refractivity contribution in [3.05, 3.63) is 33.9 Å². The molecule has 2 rings (SSSR count). The number of imide groups is 1. The molecule has 1 saturated heterocycles. The van der Waals surface area contributed by atoms with Crippen LogP contribution >= 0.6 is 0 Å². The molecule has 0 unspecified atom stereocenters. The summed E-state index contributed by atoms with van der Waals surface area (Å²) in [4.78, 5) is 50.2. The SMILES string of the molecule is CCC1(CC)NC(=O)N(CC(=O)OCC(=O)c2c(C)cc(C)c(C)c2C)C1=O. The van der Waals surface area contributed by atoms with E-state index in [0.29, 0.717) is 18.4 Å². The van der Waals surface area contributed by atoms with Gasteiger partial charge in [0, 0.05) is 5.56 Å². The van der Waals surface area contributed by atoms with Crippen LogP contribution in [-0.4, -0.2) is 47.3 Å². The zero-order valence-corrected chi connectivity index (χ0v) is 17.4. The molecule has 0 saturated carbocycles. The van der Waals surface area contributed by atoms with E-state index < -0.39 is 36.6 Å². The number of aryl methyl sites for hydroxylation is 2. The topological polar surface area (TPSA) is 92.8 Å². The van der Waals surface area contributed by atoms with E-state index in [1.165, 1.54) is 0 Å². The summed E-state index contributed by atoms with van der Waals surface area (Å²) in [6, 6.07) is 1.32. The third-order valence-electron chi connectivity index (χ3n) is 5.74. The fourth-order valence-electron chi connectivity index (χ4n) is 3.66. The van der Waals surface area contributed by atoms with E-state index in [1.54, 1.807) is 13.8 Å². The lowest BCUT2D eigenvalue weighted by atomic mass is 9.92. The van der Waals surface area contributed by atoms with Crippen molar-refractivity contribution in [1.29, 1.82) is 0 Å². The van der Waals surface area contributed by atoms with Gasteiger partial charge >= 0.3 is 12.0 Å². The van der Waals surface area contributed by atoms with E-state index in [0.717, 1.165) is 27.2 Å². The Morgan fingerprint density at radius 1 is 1.04 bits per heavy atom. The number of carbonyl (C=O) groups excluding carboxylic acids is 4. The molecule has 0 aromatic heterocycles. The summed E-state index contributed by atoms with van der Waals surface area (Å²) in [5.41, 5.74) is 3.38. The number of esters is 1. The molecule has 7 heteroatoms. The van der Waals surface area contributed by atoms with Gasteiger partial charge in [-0.2, -0.15) is 0 Å². The van der Waals surface area contributed by atoms with Crippen LogP contribution in [0.15, 0.2) is 6.07 Å². The summed E-state index contributed by atoms with van der Waals surface area (Å²) in [7, 11) is 0. The third-order valence-corrected chi connectivity index (χ3v) is 5.74. The molecule has 0 bridgehead atoms. The normalized spacial score (nSPS) is 15.6. The minimum Gasteiger partial charge on any atom is -0.456 e. The highest BCUT2D eigenvalue weighted by Gasteiger charge is 2.49. The second-order valence-corrected chi connectivity index (χ2v) is 7.33. The molecule has 1 aliphatic rings. The largest absolute Gasteiger partial charge is 0.456 e. The van der Waals surface area contributed by atoms with Crippen LogP contribution in [0.25, 0.3) is 0 Å². The molecule has 1 heterocycles. The van der Waals surface area contributed by atoms with Gasteiger partial charge in [0.15, 0.2) is 6.61 Å². The smallest absolute Gasteiger partial charge is 0.326 e. The fourth-order valence-corrected chi connectivity index (χ4v) is 3.66. The number of hydrogen-bond donors (Lipinski definition) is 1. The number of rotatable bonds is 7. The summed E-state index contributed by atoms with van der Waals surface area (Å²) in [6.45, 7) is 10.3.